The molecule has 0 aliphatic rings. The van der Waals surface area contributed by atoms with Crippen molar-refractivity contribution in [3.63, 3.8) is 0 Å². The Hall–Kier alpha value is -2.63. The molecule has 0 fully saturated rings. The Morgan fingerprint density at radius 1 is 1.13 bits per heavy atom. The standard InChI is InChI=1S/C17H17F2NO3/c1-12-6-8-13(9-7-12)22-11-10-16(21)20-14-4-2-3-5-15(14)23-17(18)19/h2-9,17H,10-11H2,1H3,(H,20,21). The lowest BCUT2D eigenvalue weighted by Gasteiger charge is -2.12. The number of halogens is 2. The predicted octanol–water partition coefficient (Wildman–Crippen LogP) is 4.00. The van der Waals surface area contributed by atoms with Gasteiger partial charge in [-0.3, -0.25) is 4.79 Å². The monoisotopic (exact) mass is 321 g/mol. The van der Waals surface area contributed by atoms with Crippen LogP contribution in [0, 0.1) is 6.92 Å². The second-order valence-corrected chi connectivity index (χ2v) is 4.83. The van der Waals surface area contributed by atoms with Crippen LogP contribution in [-0.4, -0.2) is 19.1 Å². The molecule has 0 aliphatic heterocycles. The van der Waals surface area contributed by atoms with E-state index in [-0.39, 0.29) is 30.4 Å². The lowest BCUT2D eigenvalue weighted by atomic mass is 10.2. The first kappa shape index (κ1) is 16.7. The van der Waals surface area contributed by atoms with Crippen molar-refractivity contribution in [1.82, 2.24) is 0 Å². The van der Waals surface area contributed by atoms with Crippen LogP contribution in [0.2, 0.25) is 0 Å². The van der Waals surface area contributed by atoms with Crippen LogP contribution in [0.5, 0.6) is 11.5 Å². The quantitative estimate of drug-likeness (QED) is 0.838. The molecule has 0 bridgehead atoms. The lowest BCUT2D eigenvalue weighted by molar-refractivity contribution is -0.116. The first-order valence-electron chi connectivity index (χ1n) is 7.08. The minimum absolute atomic E-state index is 0.0738. The summed E-state index contributed by atoms with van der Waals surface area (Å²) in [4.78, 5) is 11.9. The van der Waals surface area contributed by atoms with Crippen LogP contribution < -0.4 is 14.8 Å². The third-order valence-corrected chi connectivity index (χ3v) is 3.00. The number of carbonyl (C=O) groups is 1. The molecule has 2 aromatic rings. The van der Waals surface area contributed by atoms with Crippen molar-refractivity contribution in [2.45, 2.75) is 20.0 Å². The third-order valence-electron chi connectivity index (χ3n) is 3.00. The van der Waals surface area contributed by atoms with Gasteiger partial charge in [0, 0.05) is 0 Å². The van der Waals surface area contributed by atoms with E-state index in [0.717, 1.165) is 5.56 Å². The molecule has 23 heavy (non-hydrogen) atoms. The van der Waals surface area contributed by atoms with Crippen LogP contribution >= 0.6 is 0 Å². The van der Waals surface area contributed by atoms with Gasteiger partial charge in [0.15, 0.2) is 0 Å². The normalized spacial score (nSPS) is 10.4. The van der Waals surface area contributed by atoms with E-state index < -0.39 is 6.61 Å². The molecular formula is C17H17F2NO3. The maximum Gasteiger partial charge on any atom is 0.387 e. The fourth-order valence-electron chi connectivity index (χ4n) is 1.88. The number of para-hydroxylation sites is 2. The molecule has 122 valence electrons. The summed E-state index contributed by atoms with van der Waals surface area (Å²) in [5, 5.41) is 2.53. The predicted molar refractivity (Wildman–Crippen MR) is 83.0 cm³/mol. The van der Waals surface area contributed by atoms with E-state index in [1.165, 1.54) is 12.1 Å². The van der Waals surface area contributed by atoms with E-state index in [0.29, 0.717) is 5.75 Å². The zero-order valence-electron chi connectivity index (χ0n) is 12.6. The van der Waals surface area contributed by atoms with Gasteiger partial charge < -0.3 is 14.8 Å². The second kappa shape index (κ2) is 8.12. The van der Waals surface area contributed by atoms with E-state index in [1.54, 1.807) is 12.1 Å². The highest BCUT2D eigenvalue weighted by Gasteiger charge is 2.11. The molecule has 0 unspecified atom stereocenters. The molecule has 1 N–H and O–H groups in total. The lowest BCUT2D eigenvalue weighted by Crippen LogP contribution is -2.16. The minimum atomic E-state index is -2.95. The molecule has 0 spiro atoms. The topological polar surface area (TPSA) is 47.6 Å². The maximum atomic E-state index is 12.3. The van der Waals surface area contributed by atoms with E-state index >= 15 is 0 Å². The van der Waals surface area contributed by atoms with Crippen LogP contribution in [0.3, 0.4) is 0 Å². The van der Waals surface area contributed by atoms with Gasteiger partial charge in [-0.15, -0.1) is 0 Å². The SMILES string of the molecule is Cc1ccc(OCCC(=O)Nc2ccccc2OC(F)F)cc1. The van der Waals surface area contributed by atoms with Gasteiger partial charge in [-0.25, -0.2) is 0 Å². The number of hydrogen-bond donors (Lipinski definition) is 1. The fraction of sp³-hybridized carbons (Fsp3) is 0.235. The molecule has 6 heteroatoms. The highest BCUT2D eigenvalue weighted by Crippen LogP contribution is 2.25. The van der Waals surface area contributed by atoms with E-state index in [2.05, 4.69) is 10.1 Å². The number of anilines is 1. The van der Waals surface area contributed by atoms with Crippen molar-refractivity contribution in [1.29, 1.82) is 0 Å². The van der Waals surface area contributed by atoms with Gasteiger partial charge in [-0.2, -0.15) is 8.78 Å². The highest BCUT2D eigenvalue weighted by molar-refractivity contribution is 5.92. The molecule has 0 saturated carbocycles. The molecule has 0 aromatic heterocycles. The molecule has 4 nitrogen and oxygen atoms in total. The number of hydrogen-bond acceptors (Lipinski definition) is 3. The van der Waals surface area contributed by atoms with Gasteiger partial charge in [0.2, 0.25) is 5.91 Å². The molecule has 0 radical (unpaired) electrons. The van der Waals surface area contributed by atoms with Gasteiger partial charge in [-0.1, -0.05) is 29.8 Å². The summed E-state index contributed by atoms with van der Waals surface area (Å²) in [5.41, 5.74) is 1.32. The number of carbonyl (C=O) groups excluding carboxylic acids is 1. The summed E-state index contributed by atoms with van der Waals surface area (Å²) in [7, 11) is 0. The summed E-state index contributed by atoms with van der Waals surface area (Å²) in [5.74, 6) is 0.252. The fourth-order valence-corrected chi connectivity index (χ4v) is 1.88. The van der Waals surface area contributed by atoms with Crippen LogP contribution in [0.4, 0.5) is 14.5 Å². The van der Waals surface area contributed by atoms with E-state index in [4.69, 9.17) is 4.74 Å². The minimum Gasteiger partial charge on any atom is -0.493 e. The average molecular weight is 321 g/mol. The first-order valence-corrected chi connectivity index (χ1v) is 7.08. The molecule has 2 aromatic carbocycles. The smallest absolute Gasteiger partial charge is 0.387 e. The van der Waals surface area contributed by atoms with Crippen molar-refractivity contribution >= 4 is 11.6 Å². The Morgan fingerprint density at radius 3 is 2.52 bits per heavy atom. The zero-order chi connectivity index (χ0) is 16.7. The maximum absolute atomic E-state index is 12.3. The van der Waals surface area contributed by atoms with E-state index in [9.17, 15) is 13.6 Å². The Balaban J connectivity index is 1.84. The summed E-state index contributed by atoms with van der Waals surface area (Å²) in [6.45, 7) is -0.791. The second-order valence-electron chi connectivity index (χ2n) is 4.83. The Kier molecular flexibility index (Phi) is 5.91. The summed E-state index contributed by atoms with van der Waals surface area (Å²) >= 11 is 0. The van der Waals surface area contributed by atoms with Gasteiger partial charge >= 0.3 is 6.61 Å². The van der Waals surface area contributed by atoms with Crippen LogP contribution in [0.15, 0.2) is 48.5 Å². The van der Waals surface area contributed by atoms with Gasteiger partial charge in [0.25, 0.3) is 0 Å². The van der Waals surface area contributed by atoms with E-state index in [1.807, 2.05) is 31.2 Å². The van der Waals surface area contributed by atoms with Gasteiger partial charge in [0.05, 0.1) is 18.7 Å². The Bertz CT molecular complexity index is 645. The van der Waals surface area contributed by atoms with Crippen molar-refractivity contribution < 1.29 is 23.0 Å². The molecule has 1 amide bonds. The number of amides is 1. The number of aryl methyl sites for hydroxylation is 1. The van der Waals surface area contributed by atoms with Gasteiger partial charge in [-0.05, 0) is 31.2 Å². The molecular weight excluding hydrogens is 304 g/mol. The molecule has 0 atom stereocenters. The van der Waals surface area contributed by atoms with Crippen LogP contribution in [0.1, 0.15) is 12.0 Å². The summed E-state index contributed by atoms with van der Waals surface area (Å²) in [6.07, 6.45) is 0.0941. The average Bonchev–Trinajstić information content (AvgIpc) is 2.51. The molecule has 2 rings (SSSR count). The number of nitrogens with one attached hydrogen (secondary N) is 1. The molecule has 0 saturated heterocycles. The number of alkyl halides is 2. The van der Waals surface area contributed by atoms with Crippen molar-refractivity contribution in [2.75, 3.05) is 11.9 Å². The first-order chi connectivity index (χ1) is 11.0. The molecule has 0 aliphatic carbocycles. The van der Waals surface area contributed by atoms with Crippen LogP contribution in [0.25, 0.3) is 0 Å². The summed E-state index contributed by atoms with van der Waals surface area (Å²) < 4.78 is 34.4. The third kappa shape index (κ3) is 5.58. The molecule has 0 heterocycles. The summed E-state index contributed by atoms with van der Waals surface area (Å²) in [6, 6.07) is 13.5. The Labute approximate surface area is 133 Å². The largest absolute Gasteiger partial charge is 0.493 e. The Morgan fingerprint density at radius 2 is 1.83 bits per heavy atom. The number of benzene rings is 2. The van der Waals surface area contributed by atoms with Crippen molar-refractivity contribution in [3.05, 3.63) is 54.1 Å². The number of rotatable bonds is 7. The van der Waals surface area contributed by atoms with Crippen LogP contribution in [-0.2, 0) is 4.79 Å². The number of ether oxygens (including phenoxy) is 2. The zero-order valence-corrected chi connectivity index (χ0v) is 12.6. The van der Waals surface area contributed by atoms with Crippen molar-refractivity contribution in [3.8, 4) is 11.5 Å². The van der Waals surface area contributed by atoms with Gasteiger partial charge in [0.1, 0.15) is 11.5 Å². The van der Waals surface area contributed by atoms with Crippen molar-refractivity contribution in [2.24, 2.45) is 0 Å². The highest BCUT2D eigenvalue weighted by atomic mass is 19.3.